The molecule has 2 rings (SSSR count). The Morgan fingerprint density at radius 1 is 1.08 bits per heavy atom. The summed E-state index contributed by atoms with van der Waals surface area (Å²) in [5.74, 6) is -1.09. The summed E-state index contributed by atoms with van der Waals surface area (Å²) in [6.07, 6.45) is 10.3. The molecule has 0 spiro atoms. The number of hydrogen-bond acceptors (Lipinski definition) is 4. The number of allylic oxidation sites excluding steroid dienone is 2. The second-order valence-corrected chi connectivity index (χ2v) is 7.02. The molecule has 0 aliphatic carbocycles. The van der Waals surface area contributed by atoms with Crippen molar-refractivity contribution in [1.82, 2.24) is 10.6 Å². The van der Waals surface area contributed by atoms with Crippen molar-refractivity contribution in [2.75, 3.05) is 13.1 Å². The minimum atomic E-state index is -0.755. The predicted molar refractivity (Wildman–Crippen MR) is 96.4 cm³/mol. The molecular weight excluding hydrogens is 336 g/mol. The first kappa shape index (κ1) is 20.4. The smallest absolute Gasteiger partial charge is 0.309 e. The van der Waals surface area contributed by atoms with Gasteiger partial charge in [-0.25, -0.2) is 0 Å². The van der Waals surface area contributed by atoms with Gasteiger partial charge in [-0.2, -0.15) is 0 Å². The van der Waals surface area contributed by atoms with Gasteiger partial charge in [0.2, 0.25) is 0 Å². The maximum atomic E-state index is 11.7. The highest BCUT2D eigenvalue weighted by Gasteiger charge is 2.47. The Morgan fingerprint density at radius 3 is 2.46 bits per heavy atom. The second kappa shape index (κ2) is 10.3. The van der Waals surface area contributed by atoms with Gasteiger partial charge >= 0.3 is 17.8 Å². The lowest BCUT2D eigenvalue weighted by atomic mass is 9.76. The van der Waals surface area contributed by atoms with Crippen molar-refractivity contribution in [3.05, 3.63) is 12.2 Å². The summed E-state index contributed by atoms with van der Waals surface area (Å²) in [5.41, 5.74) is 0. The molecule has 0 aromatic heterocycles. The molecule has 2 bridgehead atoms. The molecule has 146 valence electrons. The first-order chi connectivity index (χ1) is 12.5. The number of carboxylic acids is 1. The van der Waals surface area contributed by atoms with Crippen molar-refractivity contribution in [3.63, 3.8) is 0 Å². The molecule has 0 radical (unpaired) electrons. The van der Waals surface area contributed by atoms with Crippen LogP contribution in [0.5, 0.6) is 0 Å². The van der Waals surface area contributed by atoms with Gasteiger partial charge in [-0.05, 0) is 57.3 Å². The van der Waals surface area contributed by atoms with Crippen molar-refractivity contribution in [3.8, 4) is 0 Å². The topological polar surface area (TPSA) is 105 Å². The van der Waals surface area contributed by atoms with Crippen molar-refractivity contribution in [2.24, 2.45) is 11.8 Å². The maximum Gasteiger partial charge on any atom is 0.309 e. The van der Waals surface area contributed by atoms with Crippen LogP contribution in [0.3, 0.4) is 0 Å². The van der Waals surface area contributed by atoms with E-state index in [-0.39, 0.29) is 18.6 Å². The van der Waals surface area contributed by atoms with E-state index in [0.717, 1.165) is 32.1 Å². The molecule has 7 heteroatoms. The summed E-state index contributed by atoms with van der Waals surface area (Å²) in [4.78, 5) is 33.6. The summed E-state index contributed by atoms with van der Waals surface area (Å²) >= 11 is 0. The van der Waals surface area contributed by atoms with E-state index in [1.54, 1.807) is 6.92 Å². The van der Waals surface area contributed by atoms with E-state index in [9.17, 15) is 14.4 Å². The molecule has 2 saturated heterocycles. The molecule has 2 aliphatic heterocycles. The number of ether oxygens (including phenoxy) is 1. The first-order valence-electron chi connectivity index (χ1n) is 9.61. The van der Waals surface area contributed by atoms with Gasteiger partial charge in [-0.15, -0.1) is 0 Å². The number of rotatable bonds is 10. The van der Waals surface area contributed by atoms with E-state index in [0.29, 0.717) is 31.3 Å². The molecule has 2 fully saturated rings. The van der Waals surface area contributed by atoms with E-state index in [1.165, 1.54) is 0 Å². The van der Waals surface area contributed by atoms with Gasteiger partial charge in [0.1, 0.15) is 0 Å². The molecule has 2 heterocycles. The summed E-state index contributed by atoms with van der Waals surface area (Å²) in [7, 11) is 0. The van der Waals surface area contributed by atoms with E-state index < -0.39 is 17.8 Å². The van der Waals surface area contributed by atoms with Crippen LogP contribution in [0, 0.1) is 11.8 Å². The van der Waals surface area contributed by atoms with Crippen LogP contribution in [0.4, 0.5) is 0 Å². The summed E-state index contributed by atoms with van der Waals surface area (Å²) in [6.45, 7) is 2.69. The Bertz CT molecular complexity index is 534. The van der Waals surface area contributed by atoms with Crippen molar-refractivity contribution in [1.29, 1.82) is 0 Å². The monoisotopic (exact) mass is 366 g/mol. The Hall–Kier alpha value is -1.89. The maximum absolute atomic E-state index is 11.7. The fraction of sp³-hybridized carbons (Fsp3) is 0.737. The summed E-state index contributed by atoms with van der Waals surface area (Å²) in [5, 5.41) is 13.8. The van der Waals surface area contributed by atoms with Crippen LogP contribution in [-0.2, 0) is 19.1 Å². The number of fused-ring (bicyclic) bond motifs is 2. The van der Waals surface area contributed by atoms with Gasteiger partial charge in [0.05, 0.1) is 12.2 Å². The number of unbranched alkanes of at least 4 members (excludes halogenated alkanes) is 1. The SMILES string of the molecule is CCNC(=O)C(=O)NCC[C@H]1[C@@H](CC=CCCCC(=O)O)[C@H]2CC[C@@H]1O2. The minimum absolute atomic E-state index is 0.204. The highest BCUT2D eigenvalue weighted by molar-refractivity contribution is 6.35. The van der Waals surface area contributed by atoms with Crippen LogP contribution in [0.25, 0.3) is 0 Å². The average molecular weight is 366 g/mol. The van der Waals surface area contributed by atoms with Crippen LogP contribution in [-0.4, -0.2) is 48.2 Å². The third-order valence-corrected chi connectivity index (χ3v) is 5.23. The molecule has 0 aromatic rings. The van der Waals surface area contributed by atoms with Gasteiger partial charge < -0.3 is 20.5 Å². The first-order valence-corrected chi connectivity index (χ1v) is 9.61. The zero-order chi connectivity index (χ0) is 18.9. The number of hydrogen-bond donors (Lipinski definition) is 3. The molecule has 7 nitrogen and oxygen atoms in total. The van der Waals surface area contributed by atoms with E-state index in [2.05, 4.69) is 22.8 Å². The Labute approximate surface area is 154 Å². The van der Waals surface area contributed by atoms with Crippen LogP contribution in [0.1, 0.15) is 51.9 Å². The summed E-state index contributed by atoms with van der Waals surface area (Å²) < 4.78 is 6.05. The number of likely N-dealkylation sites (N-methyl/N-ethyl adjacent to an activating group) is 1. The quantitative estimate of drug-likeness (QED) is 0.310. The fourth-order valence-electron chi connectivity index (χ4n) is 4.01. The Morgan fingerprint density at radius 2 is 1.77 bits per heavy atom. The van der Waals surface area contributed by atoms with Crippen LogP contribution < -0.4 is 10.6 Å². The third kappa shape index (κ3) is 5.83. The molecule has 2 aliphatic rings. The van der Waals surface area contributed by atoms with Crippen molar-refractivity contribution in [2.45, 2.75) is 64.1 Å². The molecule has 3 N–H and O–H groups in total. The lowest BCUT2D eigenvalue weighted by Crippen LogP contribution is -2.41. The number of carbonyl (C=O) groups is 3. The van der Waals surface area contributed by atoms with E-state index in [1.807, 2.05) is 0 Å². The zero-order valence-corrected chi connectivity index (χ0v) is 15.4. The van der Waals surface area contributed by atoms with Crippen LogP contribution in [0.2, 0.25) is 0 Å². The predicted octanol–water partition coefficient (Wildman–Crippen LogP) is 1.62. The van der Waals surface area contributed by atoms with Gasteiger partial charge in [-0.3, -0.25) is 14.4 Å². The normalized spacial score (nSPS) is 27.0. The number of amides is 2. The minimum Gasteiger partial charge on any atom is -0.481 e. The standard InChI is InChI=1S/C19H30N2O5/c1-2-20-18(24)19(25)21-12-11-14-13(15-9-10-16(14)26-15)7-5-3-4-6-8-17(22)23/h3,5,13-16H,2,4,6-12H2,1H3,(H,20,24)(H,21,25)(H,22,23)/t13-,14+,15-,16+/m1/s1. The average Bonchev–Trinajstić information content (AvgIpc) is 3.20. The van der Waals surface area contributed by atoms with Gasteiger partial charge in [0, 0.05) is 19.5 Å². The third-order valence-electron chi connectivity index (χ3n) is 5.23. The van der Waals surface area contributed by atoms with Gasteiger partial charge in [-0.1, -0.05) is 12.2 Å². The number of carboxylic acid groups (broad SMARTS) is 1. The van der Waals surface area contributed by atoms with Crippen LogP contribution in [0.15, 0.2) is 12.2 Å². The summed E-state index contributed by atoms with van der Waals surface area (Å²) in [6, 6.07) is 0. The Balaban J connectivity index is 1.73. The molecule has 2 amide bonds. The molecule has 4 atom stereocenters. The largest absolute Gasteiger partial charge is 0.481 e. The number of carbonyl (C=O) groups excluding carboxylic acids is 2. The molecule has 0 saturated carbocycles. The lowest BCUT2D eigenvalue weighted by Gasteiger charge is -2.27. The lowest BCUT2D eigenvalue weighted by molar-refractivity contribution is -0.139. The van der Waals surface area contributed by atoms with Gasteiger partial charge in [0.25, 0.3) is 0 Å². The molecule has 0 unspecified atom stereocenters. The van der Waals surface area contributed by atoms with E-state index >= 15 is 0 Å². The number of aliphatic carboxylic acids is 1. The molecule has 26 heavy (non-hydrogen) atoms. The second-order valence-electron chi connectivity index (χ2n) is 7.02. The van der Waals surface area contributed by atoms with Gasteiger partial charge in [0.15, 0.2) is 0 Å². The Kier molecular flexibility index (Phi) is 8.09. The highest BCUT2D eigenvalue weighted by atomic mass is 16.5. The highest BCUT2D eigenvalue weighted by Crippen LogP contribution is 2.46. The van der Waals surface area contributed by atoms with E-state index in [4.69, 9.17) is 9.84 Å². The van der Waals surface area contributed by atoms with Crippen molar-refractivity contribution >= 4 is 17.8 Å². The van der Waals surface area contributed by atoms with Crippen LogP contribution >= 0.6 is 0 Å². The zero-order valence-electron chi connectivity index (χ0n) is 15.4. The molecule has 0 aromatic carbocycles. The fourth-order valence-corrected chi connectivity index (χ4v) is 4.01. The molecular formula is C19H30N2O5. The number of nitrogens with one attached hydrogen (secondary N) is 2. The van der Waals surface area contributed by atoms with Crippen molar-refractivity contribution < 1.29 is 24.2 Å².